The van der Waals surface area contributed by atoms with E-state index >= 15 is 0 Å². The lowest BCUT2D eigenvalue weighted by molar-refractivity contribution is -0.130. The summed E-state index contributed by atoms with van der Waals surface area (Å²) in [5.74, 6) is -0.267. The van der Waals surface area contributed by atoms with E-state index in [2.05, 4.69) is 9.71 Å². The van der Waals surface area contributed by atoms with Crippen molar-refractivity contribution in [2.75, 3.05) is 24.1 Å². The molecule has 2 rings (SSSR count). The van der Waals surface area contributed by atoms with Crippen LogP contribution in [0.4, 0.5) is 5.13 Å². The maximum atomic E-state index is 11.9. The lowest BCUT2D eigenvalue weighted by atomic mass is 10.3. The molecule has 20 heavy (non-hydrogen) atoms. The second-order valence-electron chi connectivity index (χ2n) is 4.63. The molecule has 1 amide bonds. The molecule has 0 spiro atoms. The summed E-state index contributed by atoms with van der Waals surface area (Å²) in [6.07, 6.45) is -0.818. The summed E-state index contributed by atoms with van der Waals surface area (Å²) < 4.78 is 24.3. The van der Waals surface area contributed by atoms with E-state index in [1.54, 1.807) is 5.38 Å². The van der Waals surface area contributed by atoms with E-state index in [4.69, 9.17) is 0 Å². The Hall–Kier alpha value is -1.23. The van der Waals surface area contributed by atoms with Gasteiger partial charge < -0.3 is 15.1 Å². The Morgan fingerprint density at radius 2 is 2.10 bits per heavy atom. The van der Waals surface area contributed by atoms with Crippen LogP contribution in [0.15, 0.2) is 5.38 Å². The van der Waals surface area contributed by atoms with Gasteiger partial charge in [0.1, 0.15) is 0 Å². The number of β-amino-alcohol motifs (C(OH)–C–C–N with tert-alkyl or cyclic N) is 2. The van der Waals surface area contributed by atoms with Gasteiger partial charge in [-0.1, -0.05) is 0 Å². The van der Waals surface area contributed by atoms with Crippen LogP contribution >= 0.6 is 11.3 Å². The Morgan fingerprint density at radius 3 is 2.65 bits per heavy atom. The predicted octanol–water partition coefficient (Wildman–Crippen LogP) is -1.38. The summed E-state index contributed by atoms with van der Waals surface area (Å²) in [7, 11) is -3.39. The molecule has 0 radical (unpaired) electrons. The van der Waals surface area contributed by atoms with Crippen LogP contribution in [0.3, 0.4) is 0 Å². The number of anilines is 1. The molecule has 0 aromatic carbocycles. The lowest BCUT2D eigenvalue weighted by Crippen LogP contribution is -2.31. The van der Waals surface area contributed by atoms with Crippen molar-refractivity contribution in [1.29, 1.82) is 0 Å². The first kappa shape index (κ1) is 15.2. The summed E-state index contributed by atoms with van der Waals surface area (Å²) in [4.78, 5) is 17.3. The summed E-state index contributed by atoms with van der Waals surface area (Å²) in [5.41, 5.74) is 0.446. The third kappa shape index (κ3) is 3.88. The molecule has 10 heteroatoms. The van der Waals surface area contributed by atoms with Gasteiger partial charge in [0, 0.05) is 18.5 Å². The molecule has 0 aliphatic carbocycles. The molecule has 1 aromatic heterocycles. The van der Waals surface area contributed by atoms with E-state index < -0.39 is 22.2 Å². The van der Waals surface area contributed by atoms with E-state index in [0.29, 0.717) is 5.69 Å². The number of amides is 1. The van der Waals surface area contributed by atoms with Gasteiger partial charge in [0.05, 0.1) is 30.6 Å². The molecular weight excluding hydrogens is 306 g/mol. The zero-order valence-electron chi connectivity index (χ0n) is 10.7. The van der Waals surface area contributed by atoms with Crippen LogP contribution in [0.5, 0.6) is 0 Å². The smallest absolute Gasteiger partial charge is 0.231 e. The molecule has 112 valence electrons. The van der Waals surface area contributed by atoms with Crippen LogP contribution in [0.25, 0.3) is 0 Å². The van der Waals surface area contributed by atoms with Crippen LogP contribution in [0.1, 0.15) is 5.69 Å². The minimum atomic E-state index is -3.39. The number of rotatable bonds is 4. The molecule has 1 aromatic rings. The zero-order chi connectivity index (χ0) is 14.9. The fourth-order valence-corrected chi connectivity index (χ4v) is 3.40. The van der Waals surface area contributed by atoms with Gasteiger partial charge in [0.15, 0.2) is 5.13 Å². The Bertz CT molecular complexity index is 590. The van der Waals surface area contributed by atoms with Gasteiger partial charge >= 0.3 is 0 Å². The Morgan fingerprint density at radius 1 is 1.50 bits per heavy atom. The molecule has 0 bridgehead atoms. The lowest BCUT2D eigenvalue weighted by Gasteiger charge is -2.14. The molecule has 0 unspecified atom stereocenters. The van der Waals surface area contributed by atoms with E-state index in [1.165, 1.54) is 4.90 Å². The van der Waals surface area contributed by atoms with Gasteiger partial charge in [-0.3, -0.25) is 9.52 Å². The van der Waals surface area contributed by atoms with Gasteiger partial charge in [-0.15, -0.1) is 11.3 Å². The fourth-order valence-electron chi connectivity index (χ4n) is 1.83. The quantitative estimate of drug-likeness (QED) is 0.629. The number of aliphatic hydroxyl groups excluding tert-OH is 2. The third-order valence-corrected chi connectivity index (χ3v) is 4.27. The average Bonchev–Trinajstić information content (AvgIpc) is 2.85. The van der Waals surface area contributed by atoms with Crippen molar-refractivity contribution in [3.8, 4) is 0 Å². The van der Waals surface area contributed by atoms with Gasteiger partial charge in [0.2, 0.25) is 15.9 Å². The van der Waals surface area contributed by atoms with Gasteiger partial charge in [-0.2, -0.15) is 0 Å². The van der Waals surface area contributed by atoms with E-state index in [-0.39, 0.29) is 30.5 Å². The minimum Gasteiger partial charge on any atom is -0.388 e. The molecule has 2 atom stereocenters. The maximum Gasteiger partial charge on any atom is 0.231 e. The van der Waals surface area contributed by atoms with Crippen LogP contribution in [-0.2, 0) is 21.2 Å². The van der Waals surface area contributed by atoms with Crippen LogP contribution in [0, 0.1) is 0 Å². The molecule has 8 nitrogen and oxygen atoms in total. The molecule has 1 fully saturated rings. The summed E-state index contributed by atoms with van der Waals surface area (Å²) in [6, 6.07) is 0. The van der Waals surface area contributed by atoms with Gasteiger partial charge in [0.25, 0.3) is 0 Å². The topological polar surface area (TPSA) is 120 Å². The number of hydrogen-bond acceptors (Lipinski definition) is 7. The second kappa shape index (κ2) is 5.64. The first-order chi connectivity index (χ1) is 9.24. The number of thiazole rings is 1. The van der Waals surface area contributed by atoms with Crippen molar-refractivity contribution in [3.05, 3.63) is 11.1 Å². The number of carbonyl (C=O) groups excluding carboxylic acids is 1. The number of sulfonamides is 1. The van der Waals surface area contributed by atoms with Crippen molar-refractivity contribution >= 4 is 32.4 Å². The molecule has 2 heterocycles. The van der Waals surface area contributed by atoms with Crippen molar-refractivity contribution < 1.29 is 23.4 Å². The number of likely N-dealkylation sites (tertiary alicyclic amines) is 1. The highest BCUT2D eigenvalue weighted by molar-refractivity contribution is 7.92. The zero-order valence-corrected chi connectivity index (χ0v) is 12.3. The largest absolute Gasteiger partial charge is 0.388 e. The second-order valence-corrected chi connectivity index (χ2v) is 7.23. The molecule has 1 aliphatic heterocycles. The SMILES string of the molecule is CS(=O)(=O)Nc1nc(CC(=O)N2C[C@@H](O)[C@@H](O)C2)cs1. The number of aromatic nitrogens is 1. The third-order valence-electron chi connectivity index (χ3n) is 2.77. The number of carbonyl (C=O) groups is 1. The highest BCUT2D eigenvalue weighted by atomic mass is 32.2. The first-order valence-electron chi connectivity index (χ1n) is 5.80. The Balaban J connectivity index is 1.95. The van der Waals surface area contributed by atoms with Gasteiger partial charge in [-0.05, 0) is 0 Å². The Labute approximate surface area is 120 Å². The normalized spacial score (nSPS) is 23.1. The number of hydrogen-bond donors (Lipinski definition) is 3. The number of nitrogens with zero attached hydrogens (tertiary/aromatic N) is 2. The highest BCUT2D eigenvalue weighted by Gasteiger charge is 2.32. The minimum absolute atomic E-state index is 0.00137. The average molecular weight is 321 g/mol. The first-order valence-corrected chi connectivity index (χ1v) is 8.58. The van der Waals surface area contributed by atoms with Crippen LogP contribution in [0.2, 0.25) is 0 Å². The number of nitrogens with one attached hydrogen (secondary N) is 1. The van der Waals surface area contributed by atoms with E-state index in [1.807, 2.05) is 0 Å². The van der Waals surface area contributed by atoms with Crippen LogP contribution < -0.4 is 4.72 Å². The van der Waals surface area contributed by atoms with Crippen LogP contribution in [-0.4, -0.2) is 66.0 Å². The highest BCUT2D eigenvalue weighted by Crippen LogP contribution is 2.18. The molecular formula is C10H15N3O5S2. The maximum absolute atomic E-state index is 11.9. The molecule has 0 saturated carbocycles. The van der Waals surface area contributed by atoms with E-state index in [0.717, 1.165) is 17.6 Å². The fraction of sp³-hybridized carbons (Fsp3) is 0.600. The summed E-state index contributed by atoms with van der Waals surface area (Å²) in [6.45, 7) is 0.192. The molecule has 3 N–H and O–H groups in total. The van der Waals surface area contributed by atoms with Crippen molar-refractivity contribution in [2.45, 2.75) is 18.6 Å². The summed E-state index contributed by atoms with van der Waals surface area (Å²) in [5, 5.41) is 20.6. The molecule has 1 saturated heterocycles. The standard InChI is InChI=1S/C10H15N3O5S2/c1-20(17,18)12-10-11-6(5-19-10)2-9(16)13-3-7(14)8(15)4-13/h5,7-8,14-15H,2-4H2,1H3,(H,11,12)/t7-,8+. The van der Waals surface area contributed by atoms with Crippen molar-refractivity contribution in [1.82, 2.24) is 9.88 Å². The predicted molar refractivity (Wildman–Crippen MR) is 72.9 cm³/mol. The monoisotopic (exact) mass is 321 g/mol. The van der Waals surface area contributed by atoms with Crippen molar-refractivity contribution in [3.63, 3.8) is 0 Å². The van der Waals surface area contributed by atoms with Gasteiger partial charge in [-0.25, -0.2) is 13.4 Å². The van der Waals surface area contributed by atoms with Crippen molar-refractivity contribution in [2.24, 2.45) is 0 Å². The summed E-state index contributed by atoms with van der Waals surface area (Å²) >= 11 is 1.09. The van der Waals surface area contributed by atoms with E-state index in [9.17, 15) is 23.4 Å². The number of aliphatic hydroxyl groups is 2. The molecule has 1 aliphatic rings. The Kier molecular flexibility index (Phi) is 4.28.